The molecule has 0 radical (unpaired) electrons. The molecule has 0 bridgehead atoms. The molecule has 0 aliphatic heterocycles. The van der Waals surface area contributed by atoms with Gasteiger partial charge in [-0.1, -0.05) is 6.07 Å². The fraction of sp³-hybridized carbons (Fsp3) is 0.500. The molecule has 1 unspecified atom stereocenters. The van der Waals surface area contributed by atoms with E-state index in [1.807, 2.05) is 11.6 Å². The largest absolute Gasteiger partial charge is 0.392 e. The van der Waals surface area contributed by atoms with E-state index in [1.165, 1.54) is 6.07 Å². The molecule has 0 fully saturated rings. The average molecular weight is 319 g/mol. The van der Waals surface area contributed by atoms with Crippen LogP contribution in [0.25, 0.3) is 0 Å². The van der Waals surface area contributed by atoms with Crippen molar-refractivity contribution in [2.45, 2.75) is 59.4 Å². The second-order valence-corrected chi connectivity index (χ2v) is 6.97. The van der Waals surface area contributed by atoms with Crippen molar-refractivity contribution >= 4 is 0 Å². The van der Waals surface area contributed by atoms with Crippen LogP contribution in [0.15, 0.2) is 24.4 Å². The predicted molar refractivity (Wildman–Crippen MR) is 89.5 cm³/mol. The molecule has 1 aromatic carbocycles. The van der Waals surface area contributed by atoms with E-state index >= 15 is 0 Å². The van der Waals surface area contributed by atoms with Crippen molar-refractivity contribution in [3.63, 3.8) is 0 Å². The molecule has 2 rings (SSSR count). The highest BCUT2D eigenvalue weighted by atomic mass is 19.1. The first-order valence-electron chi connectivity index (χ1n) is 7.90. The minimum atomic E-state index is -0.369. The second-order valence-electron chi connectivity index (χ2n) is 6.97. The van der Waals surface area contributed by atoms with Crippen molar-refractivity contribution < 1.29 is 9.50 Å². The molecule has 0 saturated carbocycles. The van der Waals surface area contributed by atoms with Gasteiger partial charge in [-0.25, -0.2) is 4.39 Å². The summed E-state index contributed by atoms with van der Waals surface area (Å²) in [6.07, 6.45) is 2.08. The van der Waals surface area contributed by atoms with E-state index in [4.69, 9.17) is 5.11 Å². The summed E-state index contributed by atoms with van der Waals surface area (Å²) in [7, 11) is 0. The Morgan fingerprint density at radius 3 is 2.61 bits per heavy atom. The average Bonchev–Trinajstić information content (AvgIpc) is 2.88. The minimum Gasteiger partial charge on any atom is -0.392 e. The lowest BCUT2D eigenvalue weighted by Gasteiger charge is -2.19. The highest BCUT2D eigenvalue weighted by Gasteiger charge is 2.19. The zero-order valence-electron chi connectivity index (χ0n) is 14.5. The summed E-state index contributed by atoms with van der Waals surface area (Å²) in [6.45, 7) is 10.8. The highest BCUT2D eigenvalue weighted by molar-refractivity contribution is 5.25. The number of aromatic nitrogens is 2. The van der Waals surface area contributed by atoms with Gasteiger partial charge >= 0.3 is 0 Å². The molecule has 5 heteroatoms. The van der Waals surface area contributed by atoms with E-state index in [0.717, 1.165) is 16.8 Å². The Hall–Kier alpha value is -1.72. The van der Waals surface area contributed by atoms with Gasteiger partial charge in [0.15, 0.2) is 0 Å². The van der Waals surface area contributed by atoms with Crippen LogP contribution in [0.1, 0.15) is 56.1 Å². The Kier molecular flexibility index (Phi) is 5.22. The fourth-order valence-electron chi connectivity index (χ4n) is 2.48. The van der Waals surface area contributed by atoms with Gasteiger partial charge in [0.2, 0.25) is 0 Å². The van der Waals surface area contributed by atoms with E-state index in [-0.39, 0.29) is 24.0 Å². The first-order chi connectivity index (χ1) is 10.7. The van der Waals surface area contributed by atoms with Gasteiger partial charge < -0.3 is 10.4 Å². The Morgan fingerprint density at radius 1 is 1.35 bits per heavy atom. The van der Waals surface area contributed by atoms with Crippen molar-refractivity contribution in [1.29, 1.82) is 0 Å². The topological polar surface area (TPSA) is 50.1 Å². The molecule has 0 saturated heterocycles. The number of hydrogen-bond donors (Lipinski definition) is 2. The quantitative estimate of drug-likeness (QED) is 0.888. The molecule has 2 aromatic rings. The molecule has 1 aromatic heterocycles. The number of benzene rings is 1. The normalized spacial score (nSPS) is 13.3. The van der Waals surface area contributed by atoms with Gasteiger partial charge in [0.1, 0.15) is 5.82 Å². The fourth-order valence-corrected chi connectivity index (χ4v) is 2.48. The van der Waals surface area contributed by atoms with Gasteiger partial charge in [-0.3, -0.25) is 4.68 Å². The van der Waals surface area contributed by atoms with Crippen LogP contribution in [-0.2, 0) is 18.7 Å². The van der Waals surface area contributed by atoms with E-state index in [9.17, 15) is 4.39 Å². The molecule has 23 heavy (non-hydrogen) atoms. The van der Waals surface area contributed by atoms with E-state index in [1.54, 1.807) is 12.1 Å². The van der Waals surface area contributed by atoms with Crippen LogP contribution >= 0.6 is 0 Å². The van der Waals surface area contributed by atoms with Crippen LogP contribution in [0.5, 0.6) is 0 Å². The Morgan fingerprint density at radius 2 is 2.04 bits per heavy atom. The summed E-state index contributed by atoms with van der Waals surface area (Å²) in [5, 5.41) is 17.2. The molecule has 0 spiro atoms. The monoisotopic (exact) mass is 319 g/mol. The number of aliphatic hydroxyl groups is 1. The summed E-state index contributed by atoms with van der Waals surface area (Å²) < 4.78 is 15.4. The Balaban J connectivity index is 2.08. The van der Waals surface area contributed by atoms with Crippen LogP contribution in [0.4, 0.5) is 4.39 Å². The first kappa shape index (κ1) is 17.6. The third kappa shape index (κ3) is 4.18. The van der Waals surface area contributed by atoms with Crippen LogP contribution in [0.3, 0.4) is 0 Å². The number of nitrogens with zero attached hydrogens (tertiary/aromatic N) is 2. The van der Waals surface area contributed by atoms with Gasteiger partial charge in [-0.05, 0) is 52.3 Å². The standard InChI is InChI=1S/C18H26FN3O/c1-12(16-10-22(18(3,4)5)21-13(16)2)20-9-14-6-7-17(19)15(8-14)11-23/h6-8,10,12,20,23H,9,11H2,1-5H3. The van der Waals surface area contributed by atoms with Gasteiger partial charge in [-0.2, -0.15) is 5.10 Å². The number of halogens is 1. The molecule has 4 nitrogen and oxygen atoms in total. The van der Waals surface area contributed by atoms with Gasteiger partial charge in [0.05, 0.1) is 17.8 Å². The Labute approximate surface area is 137 Å². The number of hydrogen-bond acceptors (Lipinski definition) is 3. The molecular formula is C18H26FN3O. The van der Waals surface area contributed by atoms with Crippen LogP contribution < -0.4 is 5.32 Å². The zero-order valence-corrected chi connectivity index (χ0v) is 14.5. The first-order valence-corrected chi connectivity index (χ1v) is 7.90. The molecule has 126 valence electrons. The molecule has 1 heterocycles. The van der Waals surface area contributed by atoms with E-state index < -0.39 is 0 Å². The van der Waals surface area contributed by atoms with Crippen molar-refractivity contribution in [3.05, 3.63) is 52.6 Å². The summed E-state index contributed by atoms with van der Waals surface area (Å²) in [5.74, 6) is -0.369. The van der Waals surface area contributed by atoms with Crippen LogP contribution in [0, 0.1) is 12.7 Å². The lowest BCUT2D eigenvalue weighted by molar-refractivity contribution is 0.275. The third-order valence-electron chi connectivity index (χ3n) is 3.98. The smallest absolute Gasteiger partial charge is 0.128 e. The molecule has 0 amide bonds. The van der Waals surface area contributed by atoms with Crippen molar-refractivity contribution in [2.24, 2.45) is 0 Å². The van der Waals surface area contributed by atoms with Crippen LogP contribution in [-0.4, -0.2) is 14.9 Å². The maximum atomic E-state index is 13.4. The molecule has 2 N–H and O–H groups in total. The van der Waals surface area contributed by atoms with Crippen molar-refractivity contribution in [3.8, 4) is 0 Å². The van der Waals surface area contributed by atoms with Gasteiger partial charge in [0.25, 0.3) is 0 Å². The van der Waals surface area contributed by atoms with Gasteiger partial charge in [0, 0.05) is 29.9 Å². The van der Waals surface area contributed by atoms with E-state index in [0.29, 0.717) is 12.1 Å². The Bertz CT molecular complexity index is 673. The molecule has 0 aliphatic rings. The molecule has 0 aliphatic carbocycles. The summed E-state index contributed by atoms with van der Waals surface area (Å²) >= 11 is 0. The maximum Gasteiger partial charge on any atom is 0.128 e. The number of rotatable bonds is 5. The summed E-state index contributed by atoms with van der Waals surface area (Å²) in [6, 6.07) is 4.96. The SMILES string of the molecule is Cc1nn(C(C)(C)C)cc1C(C)NCc1ccc(F)c(CO)c1. The molecule has 1 atom stereocenters. The molecular weight excluding hydrogens is 293 g/mol. The van der Waals surface area contributed by atoms with Crippen molar-refractivity contribution in [1.82, 2.24) is 15.1 Å². The summed E-state index contributed by atoms with van der Waals surface area (Å²) in [5.41, 5.74) is 3.40. The number of nitrogens with one attached hydrogen (secondary N) is 1. The van der Waals surface area contributed by atoms with Gasteiger partial charge in [-0.15, -0.1) is 0 Å². The predicted octanol–water partition coefficient (Wildman–Crippen LogP) is 3.43. The number of aryl methyl sites for hydroxylation is 1. The lowest BCUT2D eigenvalue weighted by atomic mass is 10.1. The summed E-state index contributed by atoms with van der Waals surface area (Å²) in [4.78, 5) is 0. The lowest BCUT2D eigenvalue weighted by Crippen LogP contribution is -2.22. The van der Waals surface area contributed by atoms with E-state index in [2.05, 4.69) is 44.3 Å². The zero-order chi connectivity index (χ0) is 17.2. The highest BCUT2D eigenvalue weighted by Crippen LogP contribution is 2.21. The minimum absolute atomic E-state index is 0.0459. The van der Waals surface area contributed by atoms with Crippen LogP contribution in [0.2, 0.25) is 0 Å². The third-order valence-corrected chi connectivity index (χ3v) is 3.98. The van der Waals surface area contributed by atoms with Crippen molar-refractivity contribution in [2.75, 3.05) is 0 Å². The number of aliphatic hydroxyl groups excluding tert-OH is 1. The second kappa shape index (κ2) is 6.81. The maximum absolute atomic E-state index is 13.4.